The minimum Gasteiger partial charge on any atom is -0.497 e. The topological polar surface area (TPSA) is 139 Å². The van der Waals surface area contributed by atoms with Crippen LogP contribution in [0.15, 0.2) is 71.6 Å². The van der Waals surface area contributed by atoms with Crippen LogP contribution in [-0.2, 0) is 26.2 Å². The predicted molar refractivity (Wildman–Crippen MR) is 160 cm³/mol. The van der Waals surface area contributed by atoms with E-state index >= 15 is 0 Å². The van der Waals surface area contributed by atoms with Gasteiger partial charge in [-0.05, 0) is 71.0 Å². The van der Waals surface area contributed by atoms with Crippen LogP contribution < -0.4 is 14.4 Å². The third-order valence-corrected chi connectivity index (χ3v) is 8.34. The summed E-state index contributed by atoms with van der Waals surface area (Å²) < 4.78 is 48.6. The number of carbonyl (C=O) groups excluding carboxylic acids is 2. The number of methoxy groups -OCH3 is 1. The highest BCUT2D eigenvalue weighted by Gasteiger charge is 2.34. The fourth-order valence-electron chi connectivity index (χ4n) is 4.22. The summed E-state index contributed by atoms with van der Waals surface area (Å²) in [5.41, 5.74) is -0.604. The van der Waals surface area contributed by atoms with Gasteiger partial charge in [0, 0.05) is 29.3 Å². The van der Waals surface area contributed by atoms with Crippen LogP contribution in [0.4, 0.5) is 15.8 Å². The first-order valence-corrected chi connectivity index (χ1v) is 14.8. The first-order chi connectivity index (χ1) is 20.0. The number of nitro groups is 1. The van der Waals surface area contributed by atoms with Gasteiger partial charge in [-0.3, -0.25) is 24.0 Å². The Morgan fingerprint density at radius 3 is 2.26 bits per heavy atom. The average molecular weight is 615 g/mol. The van der Waals surface area contributed by atoms with Crippen molar-refractivity contribution < 1.29 is 32.1 Å². The molecule has 43 heavy (non-hydrogen) atoms. The molecule has 0 aliphatic heterocycles. The Hall–Kier alpha value is -4.52. The second-order valence-electron chi connectivity index (χ2n) is 10.9. The lowest BCUT2D eigenvalue weighted by Gasteiger charge is -2.33. The van der Waals surface area contributed by atoms with E-state index in [-0.39, 0.29) is 23.4 Å². The molecule has 13 heteroatoms. The molecule has 3 rings (SSSR count). The normalized spacial score (nSPS) is 12.3. The molecule has 3 aromatic carbocycles. The van der Waals surface area contributed by atoms with Crippen molar-refractivity contribution in [2.45, 2.75) is 57.6 Å². The number of amides is 2. The molecule has 3 aromatic rings. The van der Waals surface area contributed by atoms with E-state index in [1.807, 2.05) is 0 Å². The van der Waals surface area contributed by atoms with Crippen LogP contribution in [0.1, 0.15) is 38.8 Å². The molecule has 0 aromatic heterocycles. The van der Waals surface area contributed by atoms with E-state index in [2.05, 4.69) is 5.32 Å². The van der Waals surface area contributed by atoms with Gasteiger partial charge in [0.1, 0.15) is 24.2 Å². The number of halogens is 1. The second-order valence-corrected chi connectivity index (χ2v) is 12.8. The number of benzene rings is 3. The molecule has 230 valence electrons. The molecule has 0 spiro atoms. The van der Waals surface area contributed by atoms with Crippen LogP contribution in [0.25, 0.3) is 0 Å². The number of aryl methyl sites for hydroxylation is 1. The molecule has 0 bridgehead atoms. The third-order valence-electron chi connectivity index (χ3n) is 6.57. The Labute approximate surface area is 250 Å². The van der Waals surface area contributed by atoms with E-state index in [9.17, 15) is 32.5 Å². The Morgan fingerprint density at radius 1 is 1.07 bits per heavy atom. The lowest BCUT2D eigenvalue weighted by atomic mass is 10.1. The highest BCUT2D eigenvalue weighted by Crippen LogP contribution is 2.29. The third kappa shape index (κ3) is 8.07. The summed E-state index contributed by atoms with van der Waals surface area (Å²) in [6.07, 6.45) is 0. The SMILES string of the molecule is COc1ccc(N(CC(=O)N(Cc2ccccc2F)[C@H](C)C(=O)NC(C)(C)C)S(=O)(=O)c2ccc(C)c([N+](=O)[O-])c2)cc1. The Morgan fingerprint density at radius 2 is 1.70 bits per heavy atom. The van der Waals surface area contributed by atoms with Gasteiger partial charge < -0.3 is 15.0 Å². The molecular formula is C30H35FN4O7S. The summed E-state index contributed by atoms with van der Waals surface area (Å²) in [5, 5.41) is 14.4. The zero-order chi connectivity index (χ0) is 32.1. The number of rotatable bonds is 11. The molecule has 0 unspecified atom stereocenters. The molecule has 0 radical (unpaired) electrons. The van der Waals surface area contributed by atoms with Gasteiger partial charge in [0.15, 0.2) is 0 Å². The van der Waals surface area contributed by atoms with Crippen molar-refractivity contribution in [3.63, 3.8) is 0 Å². The van der Waals surface area contributed by atoms with Crippen molar-refractivity contribution in [3.05, 3.63) is 93.8 Å². The smallest absolute Gasteiger partial charge is 0.273 e. The molecular weight excluding hydrogens is 579 g/mol. The van der Waals surface area contributed by atoms with Gasteiger partial charge >= 0.3 is 0 Å². The van der Waals surface area contributed by atoms with Crippen molar-refractivity contribution in [2.24, 2.45) is 0 Å². The standard InChI is InChI=1S/C30H35FN4O7S/c1-20-11-16-25(17-27(20)35(38)39)43(40,41)34(23-12-14-24(42-6)15-13-23)19-28(36)33(18-22-9-7-8-10-26(22)31)21(2)29(37)32-30(3,4)5/h7-17,21H,18-19H2,1-6H3,(H,32,37)/t21-/m1/s1. The maximum atomic E-state index is 14.7. The summed E-state index contributed by atoms with van der Waals surface area (Å²) in [7, 11) is -3.13. The van der Waals surface area contributed by atoms with E-state index < -0.39 is 61.3 Å². The number of nitro benzene ring substituents is 1. The van der Waals surface area contributed by atoms with Crippen LogP contribution in [0.2, 0.25) is 0 Å². The van der Waals surface area contributed by atoms with Crippen LogP contribution in [0.5, 0.6) is 5.75 Å². The highest BCUT2D eigenvalue weighted by molar-refractivity contribution is 7.92. The number of carbonyl (C=O) groups is 2. The zero-order valence-electron chi connectivity index (χ0n) is 24.8. The molecule has 2 amide bonds. The van der Waals surface area contributed by atoms with Crippen molar-refractivity contribution in [1.82, 2.24) is 10.2 Å². The number of ether oxygens (including phenoxy) is 1. The number of hydrogen-bond acceptors (Lipinski definition) is 7. The number of anilines is 1. The van der Waals surface area contributed by atoms with Gasteiger partial charge in [-0.25, -0.2) is 12.8 Å². The Kier molecular flexibility index (Phi) is 10.1. The van der Waals surface area contributed by atoms with E-state index in [0.717, 1.165) is 15.3 Å². The van der Waals surface area contributed by atoms with Gasteiger partial charge in [-0.2, -0.15) is 0 Å². The minimum atomic E-state index is -4.56. The largest absolute Gasteiger partial charge is 0.497 e. The molecule has 0 aliphatic rings. The average Bonchev–Trinajstić information content (AvgIpc) is 2.94. The van der Waals surface area contributed by atoms with Crippen molar-refractivity contribution in [2.75, 3.05) is 18.0 Å². The van der Waals surface area contributed by atoms with E-state index in [1.54, 1.807) is 26.8 Å². The number of nitrogens with one attached hydrogen (secondary N) is 1. The lowest BCUT2D eigenvalue weighted by molar-refractivity contribution is -0.385. The minimum absolute atomic E-state index is 0.0648. The molecule has 0 saturated carbocycles. The Bertz CT molecular complexity index is 1610. The van der Waals surface area contributed by atoms with Gasteiger partial charge in [-0.15, -0.1) is 0 Å². The molecule has 1 atom stereocenters. The number of hydrogen-bond donors (Lipinski definition) is 1. The lowest BCUT2D eigenvalue weighted by Crippen LogP contribution is -2.54. The molecule has 0 aliphatic carbocycles. The van der Waals surface area contributed by atoms with Gasteiger partial charge in [0.2, 0.25) is 11.8 Å². The maximum absolute atomic E-state index is 14.7. The van der Waals surface area contributed by atoms with E-state index in [1.165, 1.54) is 75.6 Å². The number of sulfonamides is 1. The van der Waals surface area contributed by atoms with Gasteiger partial charge in [0.25, 0.3) is 15.7 Å². The van der Waals surface area contributed by atoms with Crippen molar-refractivity contribution in [1.29, 1.82) is 0 Å². The molecule has 11 nitrogen and oxygen atoms in total. The maximum Gasteiger partial charge on any atom is 0.273 e. The monoisotopic (exact) mass is 614 g/mol. The molecule has 0 heterocycles. The van der Waals surface area contributed by atoms with E-state index in [4.69, 9.17) is 4.74 Å². The summed E-state index contributed by atoms with van der Waals surface area (Å²) in [5.74, 6) is -1.51. The molecule has 0 saturated heterocycles. The van der Waals surface area contributed by atoms with Gasteiger partial charge in [0.05, 0.1) is 22.6 Å². The van der Waals surface area contributed by atoms with Crippen molar-refractivity contribution in [3.8, 4) is 5.75 Å². The Balaban J connectivity index is 2.11. The zero-order valence-corrected chi connectivity index (χ0v) is 25.6. The fraction of sp³-hybridized carbons (Fsp3) is 0.333. The predicted octanol–water partition coefficient (Wildman–Crippen LogP) is 4.58. The summed E-state index contributed by atoms with van der Waals surface area (Å²) in [6.45, 7) is 7.12. The fourth-order valence-corrected chi connectivity index (χ4v) is 5.65. The second kappa shape index (κ2) is 13.2. The van der Waals surface area contributed by atoms with Gasteiger partial charge in [-0.1, -0.05) is 24.3 Å². The van der Waals surface area contributed by atoms with Crippen LogP contribution >= 0.6 is 0 Å². The first kappa shape index (κ1) is 33.0. The summed E-state index contributed by atoms with van der Waals surface area (Å²) in [6, 6.07) is 13.9. The van der Waals surface area contributed by atoms with Crippen LogP contribution in [0, 0.1) is 22.9 Å². The molecule has 0 fully saturated rings. The summed E-state index contributed by atoms with van der Waals surface area (Å²) in [4.78, 5) is 38.7. The van der Waals surface area contributed by atoms with Crippen LogP contribution in [-0.4, -0.2) is 55.3 Å². The van der Waals surface area contributed by atoms with Crippen LogP contribution in [0.3, 0.4) is 0 Å². The van der Waals surface area contributed by atoms with E-state index in [0.29, 0.717) is 5.75 Å². The quantitative estimate of drug-likeness (QED) is 0.246. The first-order valence-electron chi connectivity index (χ1n) is 13.3. The highest BCUT2D eigenvalue weighted by atomic mass is 32.2. The van der Waals surface area contributed by atoms with Crippen molar-refractivity contribution >= 4 is 33.2 Å². The molecule has 1 N–H and O–H groups in total. The number of nitrogens with zero attached hydrogens (tertiary/aromatic N) is 3. The summed E-state index contributed by atoms with van der Waals surface area (Å²) >= 11 is 0.